The minimum atomic E-state index is -0.469. The molecule has 1 rings (SSSR count). The molecule has 0 aliphatic heterocycles. The Kier molecular flexibility index (Phi) is 5.22. The molecule has 0 bridgehead atoms. The van der Waals surface area contributed by atoms with Crippen LogP contribution in [-0.2, 0) is 9.53 Å². The van der Waals surface area contributed by atoms with Crippen molar-refractivity contribution in [3.63, 3.8) is 0 Å². The van der Waals surface area contributed by atoms with Crippen LogP contribution in [-0.4, -0.2) is 18.0 Å². The zero-order valence-corrected chi connectivity index (χ0v) is 10.4. The smallest absolute Gasteiger partial charge is 0.337 e. The summed E-state index contributed by atoms with van der Waals surface area (Å²) in [6, 6.07) is 6.07. The van der Waals surface area contributed by atoms with Gasteiger partial charge in [0.2, 0.25) is 0 Å². The fraction of sp³-hybridized carbons (Fsp3) is 0.0714. The van der Waals surface area contributed by atoms with Crippen molar-refractivity contribution < 1.29 is 14.5 Å². The second-order valence-electron chi connectivity index (χ2n) is 3.53. The highest BCUT2D eigenvalue weighted by atomic mass is 16.6. The predicted octanol–water partition coefficient (Wildman–Crippen LogP) is 2.89. The number of hydrogen-bond acceptors (Lipinski definition) is 4. The van der Waals surface area contributed by atoms with Gasteiger partial charge in [0, 0.05) is 12.1 Å². The number of allylic oxidation sites excluding steroid dienone is 2. The third-order valence-electron chi connectivity index (χ3n) is 2.31. The molecule has 0 spiro atoms. The van der Waals surface area contributed by atoms with E-state index in [4.69, 9.17) is 0 Å². The van der Waals surface area contributed by atoms with Gasteiger partial charge in [-0.2, -0.15) is 0 Å². The summed E-state index contributed by atoms with van der Waals surface area (Å²) in [5.41, 5.74) is 1.16. The summed E-state index contributed by atoms with van der Waals surface area (Å²) in [5.74, 6) is -0.469. The van der Waals surface area contributed by atoms with Gasteiger partial charge in [-0.25, -0.2) is 4.79 Å². The van der Waals surface area contributed by atoms with E-state index in [0.29, 0.717) is 5.57 Å². The summed E-state index contributed by atoms with van der Waals surface area (Å²) in [6.07, 6.45) is 6.32. The van der Waals surface area contributed by atoms with Gasteiger partial charge in [0.05, 0.1) is 17.6 Å². The van der Waals surface area contributed by atoms with Gasteiger partial charge in [-0.05, 0) is 23.8 Å². The van der Waals surface area contributed by atoms with Crippen molar-refractivity contribution in [3.05, 3.63) is 70.3 Å². The average Bonchev–Trinajstić information content (AvgIpc) is 2.43. The molecule has 98 valence electrons. The monoisotopic (exact) mass is 259 g/mol. The van der Waals surface area contributed by atoms with Gasteiger partial charge in [-0.3, -0.25) is 10.1 Å². The van der Waals surface area contributed by atoms with E-state index in [2.05, 4.69) is 11.3 Å². The lowest BCUT2D eigenvalue weighted by Crippen LogP contribution is -2.01. The Labute approximate surface area is 110 Å². The molecule has 0 radical (unpaired) electrons. The van der Waals surface area contributed by atoms with Crippen LogP contribution in [0.5, 0.6) is 0 Å². The van der Waals surface area contributed by atoms with E-state index >= 15 is 0 Å². The molecule has 0 heterocycles. The molecule has 0 saturated heterocycles. The van der Waals surface area contributed by atoms with Gasteiger partial charge < -0.3 is 4.74 Å². The van der Waals surface area contributed by atoms with Crippen LogP contribution in [0.25, 0.3) is 6.08 Å². The average molecular weight is 259 g/mol. The SMILES string of the molecule is C=C/C(=C\C=C\c1ccc([N+](=O)[O-])cc1)C(=O)OC. The number of hydrogen-bond donors (Lipinski definition) is 0. The quantitative estimate of drug-likeness (QED) is 0.268. The summed E-state index contributed by atoms with van der Waals surface area (Å²) >= 11 is 0. The van der Waals surface area contributed by atoms with Crippen molar-refractivity contribution in [1.29, 1.82) is 0 Å². The first kappa shape index (κ1) is 14.4. The first-order chi connectivity index (χ1) is 9.08. The molecular formula is C14H13NO4. The van der Waals surface area contributed by atoms with Crippen molar-refractivity contribution in [3.8, 4) is 0 Å². The minimum Gasteiger partial charge on any atom is -0.465 e. The maximum absolute atomic E-state index is 11.2. The molecule has 5 nitrogen and oxygen atoms in total. The molecule has 0 aliphatic rings. The molecule has 1 aromatic carbocycles. The lowest BCUT2D eigenvalue weighted by molar-refractivity contribution is -0.384. The number of benzene rings is 1. The number of carbonyl (C=O) groups excluding carboxylic acids is 1. The molecule has 19 heavy (non-hydrogen) atoms. The van der Waals surface area contributed by atoms with Gasteiger partial charge in [0.1, 0.15) is 0 Å². The van der Waals surface area contributed by atoms with E-state index < -0.39 is 10.9 Å². The van der Waals surface area contributed by atoms with Crippen LogP contribution in [0.3, 0.4) is 0 Å². The molecule has 0 fully saturated rings. The molecule has 0 aliphatic carbocycles. The molecule has 0 N–H and O–H groups in total. The second kappa shape index (κ2) is 6.90. The molecule has 0 unspecified atom stereocenters. The predicted molar refractivity (Wildman–Crippen MR) is 72.4 cm³/mol. The van der Waals surface area contributed by atoms with Crippen LogP contribution in [0.15, 0.2) is 54.6 Å². The van der Waals surface area contributed by atoms with Crippen molar-refractivity contribution in [2.75, 3.05) is 7.11 Å². The van der Waals surface area contributed by atoms with E-state index in [1.165, 1.54) is 25.3 Å². The van der Waals surface area contributed by atoms with E-state index in [9.17, 15) is 14.9 Å². The Morgan fingerprint density at radius 1 is 1.37 bits per heavy atom. The third-order valence-corrected chi connectivity index (χ3v) is 2.31. The maximum atomic E-state index is 11.2. The lowest BCUT2D eigenvalue weighted by Gasteiger charge is -1.97. The van der Waals surface area contributed by atoms with Crippen molar-refractivity contribution in [2.24, 2.45) is 0 Å². The molecule has 5 heteroatoms. The first-order valence-electron chi connectivity index (χ1n) is 5.42. The van der Waals surface area contributed by atoms with Gasteiger partial charge in [-0.15, -0.1) is 0 Å². The number of ether oxygens (including phenoxy) is 1. The van der Waals surface area contributed by atoms with Crippen LogP contribution < -0.4 is 0 Å². The highest BCUT2D eigenvalue weighted by Gasteiger charge is 2.03. The highest BCUT2D eigenvalue weighted by molar-refractivity contribution is 5.91. The number of non-ortho nitro benzene ring substituents is 1. The van der Waals surface area contributed by atoms with Crippen molar-refractivity contribution in [2.45, 2.75) is 0 Å². The van der Waals surface area contributed by atoms with E-state index in [1.54, 1.807) is 30.4 Å². The number of esters is 1. The van der Waals surface area contributed by atoms with Gasteiger partial charge in [0.15, 0.2) is 0 Å². The van der Waals surface area contributed by atoms with Crippen LogP contribution in [0.1, 0.15) is 5.56 Å². The van der Waals surface area contributed by atoms with E-state index in [-0.39, 0.29) is 5.69 Å². The highest BCUT2D eigenvalue weighted by Crippen LogP contribution is 2.13. The molecule has 0 aromatic heterocycles. The van der Waals surface area contributed by atoms with Crippen molar-refractivity contribution in [1.82, 2.24) is 0 Å². The van der Waals surface area contributed by atoms with Crippen LogP contribution in [0.4, 0.5) is 5.69 Å². The van der Waals surface area contributed by atoms with Crippen molar-refractivity contribution >= 4 is 17.7 Å². The molecule has 1 aromatic rings. The molecule has 0 atom stereocenters. The molecule has 0 amide bonds. The number of rotatable bonds is 5. The Bertz CT molecular complexity index is 541. The second-order valence-corrected chi connectivity index (χ2v) is 3.53. The summed E-state index contributed by atoms with van der Waals surface area (Å²) in [4.78, 5) is 21.3. The normalized spacial score (nSPS) is 11.3. The zero-order valence-electron chi connectivity index (χ0n) is 10.4. The van der Waals surface area contributed by atoms with E-state index in [0.717, 1.165) is 5.56 Å². The first-order valence-corrected chi connectivity index (χ1v) is 5.42. The van der Waals surface area contributed by atoms with E-state index in [1.807, 2.05) is 0 Å². The Balaban J connectivity index is 2.81. The summed E-state index contributed by atoms with van der Waals surface area (Å²) in [6.45, 7) is 3.51. The van der Waals surface area contributed by atoms with Crippen LogP contribution in [0.2, 0.25) is 0 Å². The van der Waals surface area contributed by atoms with Crippen LogP contribution >= 0.6 is 0 Å². The molecule has 0 saturated carbocycles. The summed E-state index contributed by atoms with van der Waals surface area (Å²) < 4.78 is 4.56. The molecular weight excluding hydrogens is 246 g/mol. The Hall–Kier alpha value is -2.69. The number of nitrogens with zero attached hydrogens (tertiary/aromatic N) is 1. The largest absolute Gasteiger partial charge is 0.465 e. The van der Waals surface area contributed by atoms with Crippen LogP contribution in [0, 0.1) is 10.1 Å². The zero-order chi connectivity index (χ0) is 14.3. The van der Waals surface area contributed by atoms with Gasteiger partial charge in [0.25, 0.3) is 5.69 Å². The standard InChI is InChI=1S/C14H13NO4/c1-3-12(14(16)19-2)6-4-5-11-7-9-13(10-8-11)15(17)18/h3-10H,1H2,2H3/b5-4+,12-6+. The summed E-state index contributed by atoms with van der Waals surface area (Å²) in [7, 11) is 1.29. The topological polar surface area (TPSA) is 69.4 Å². The lowest BCUT2D eigenvalue weighted by atomic mass is 10.1. The maximum Gasteiger partial charge on any atom is 0.337 e. The Morgan fingerprint density at radius 2 is 2.00 bits per heavy atom. The van der Waals surface area contributed by atoms with Gasteiger partial charge >= 0.3 is 5.97 Å². The number of nitro benzene ring substituents is 1. The fourth-order valence-corrected chi connectivity index (χ4v) is 1.31. The Morgan fingerprint density at radius 3 is 2.47 bits per heavy atom. The number of methoxy groups -OCH3 is 1. The van der Waals surface area contributed by atoms with Gasteiger partial charge in [-0.1, -0.05) is 24.8 Å². The fourth-order valence-electron chi connectivity index (χ4n) is 1.31. The number of nitro groups is 1. The third kappa shape index (κ3) is 4.23. The number of carbonyl (C=O) groups is 1. The summed E-state index contributed by atoms with van der Waals surface area (Å²) in [5, 5.41) is 10.5. The minimum absolute atomic E-state index is 0.0361.